The van der Waals surface area contributed by atoms with Gasteiger partial charge < -0.3 is 15.3 Å². The average Bonchev–Trinajstić information content (AvgIpc) is 2.88. The summed E-state index contributed by atoms with van der Waals surface area (Å²) in [5.41, 5.74) is 4.69. The Hall–Kier alpha value is -3.66. The predicted molar refractivity (Wildman–Crippen MR) is 137 cm³/mol. The van der Waals surface area contributed by atoms with Crippen LogP contribution in [0.25, 0.3) is 11.1 Å². The average molecular weight is 467 g/mol. The number of amides is 2. The van der Waals surface area contributed by atoms with E-state index in [1.54, 1.807) is 6.07 Å². The number of carbonyl (C=O) groups is 1. The lowest BCUT2D eigenvalue weighted by atomic mass is 9.74. The zero-order valence-corrected chi connectivity index (χ0v) is 19.7. The van der Waals surface area contributed by atoms with E-state index < -0.39 is 0 Å². The highest BCUT2D eigenvalue weighted by molar-refractivity contribution is 5.89. The third-order valence-corrected chi connectivity index (χ3v) is 7.30. The van der Waals surface area contributed by atoms with Crippen LogP contribution >= 0.6 is 0 Å². The van der Waals surface area contributed by atoms with Crippen LogP contribution in [0.4, 0.5) is 10.5 Å². The van der Waals surface area contributed by atoms with Crippen molar-refractivity contribution in [2.75, 3.05) is 31.6 Å². The Labute approximate surface area is 206 Å². The summed E-state index contributed by atoms with van der Waals surface area (Å²) in [6.45, 7) is 2.41. The summed E-state index contributed by atoms with van der Waals surface area (Å²) in [5, 5.41) is 22.5. The maximum absolute atomic E-state index is 13.1. The fourth-order valence-electron chi connectivity index (χ4n) is 5.51. The summed E-state index contributed by atoms with van der Waals surface area (Å²) in [7, 11) is 0. The predicted octanol–water partition coefficient (Wildman–Crippen LogP) is 4.68. The summed E-state index contributed by atoms with van der Waals surface area (Å²) in [4.78, 5) is 17.4. The summed E-state index contributed by atoms with van der Waals surface area (Å²) in [6.07, 6.45) is 1.95. The lowest BCUT2D eigenvalue weighted by molar-refractivity contribution is -0.0585. The van der Waals surface area contributed by atoms with E-state index in [0.29, 0.717) is 12.1 Å². The number of fused-ring (bicyclic) bond motifs is 1. The molecule has 3 atom stereocenters. The van der Waals surface area contributed by atoms with Gasteiger partial charge in [0.1, 0.15) is 0 Å². The molecule has 0 aliphatic carbocycles. The van der Waals surface area contributed by atoms with Crippen LogP contribution in [0.15, 0.2) is 78.9 Å². The number of urea groups is 1. The maximum Gasteiger partial charge on any atom is 0.321 e. The zero-order chi connectivity index (χ0) is 24.2. The van der Waals surface area contributed by atoms with Gasteiger partial charge in [0.25, 0.3) is 0 Å². The van der Waals surface area contributed by atoms with Gasteiger partial charge in [-0.2, -0.15) is 5.26 Å². The number of aliphatic hydroxyl groups excluding tert-OH is 1. The molecule has 0 saturated carbocycles. The largest absolute Gasteiger partial charge is 0.395 e. The van der Waals surface area contributed by atoms with Gasteiger partial charge in [-0.15, -0.1) is 0 Å². The number of anilines is 1. The third-order valence-electron chi connectivity index (χ3n) is 7.30. The summed E-state index contributed by atoms with van der Waals surface area (Å²) in [6, 6.07) is 28.0. The van der Waals surface area contributed by atoms with Crippen LogP contribution in [0.2, 0.25) is 0 Å². The van der Waals surface area contributed by atoms with Gasteiger partial charge in [-0.1, -0.05) is 54.6 Å². The Balaban J connectivity index is 1.35. The van der Waals surface area contributed by atoms with Crippen molar-refractivity contribution in [2.24, 2.45) is 0 Å². The first-order valence-electron chi connectivity index (χ1n) is 12.3. The fraction of sp³-hybridized carbons (Fsp3) is 0.310. The normalized spacial score (nSPS) is 22.2. The van der Waals surface area contributed by atoms with Crippen molar-refractivity contribution in [3.05, 3.63) is 90.0 Å². The molecule has 3 aromatic carbocycles. The lowest BCUT2D eigenvalue weighted by Crippen LogP contribution is -2.68. The van der Waals surface area contributed by atoms with E-state index in [2.05, 4.69) is 40.6 Å². The number of hydrogen-bond acceptors (Lipinski definition) is 4. The summed E-state index contributed by atoms with van der Waals surface area (Å²) in [5.74, 6) is 0.157. The monoisotopic (exact) mass is 466 g/mol. The molecule has 2 aliphatic rings. The molecular formula is C29H30N4O2. The van der Waals surface area contributed by atoms with Gasteiger partial charge in [-0.05, 0) is 60.3 Å². The van der Waals surface area contributed by atoms with Crippen LogP contribution < -0.4 is 5.32 Å². The first-order chi connectivity index (χ1) is 17.2. The summed E-state index contributed by atoms with van der Waals surface area (Å²) >= 11 is 0. The van der Waals surface area contributed by atoms with E-state index in [1.165, 1.54) is 5.56 Å². The molecule has 2 fully saturated rings. The molecule has 178 valence electrons. The van der Waals surface area contributed by atoms with Gasteiger partial charge in [0.2, 0.25) is 0 Å². The smallest absolute Gasteiger partial charge is 0.321 e. The first kappa shape index (κ1) is 23.1. The fourth-order valence-corrected chi connectivity index (χ4v) is 5.51. The number of hydrogen-bond donors (Lipinski definition) is 2. The van der Waals surface area contributed by atoms with Gasteiger partial charge in [0, 0.05) is 36.8 Å². The first-order valence-corrected chi connectivity index (χ1v) is 12.3. The maximum atomic E-state index is 13.1. The van der Waals surface area contributed by atoms with Gasteiger partial charge in [0.05, 0.1) is 18.2 Å². The molecule has 2 aliphatic heterocycles. The molecule has 35 heavy (non-hydrogen) atoms. The van der Waals surface area contributed by atoms with Crippen molar-refractivity contribution in [3.8, 4) is 17.2 Å². The highest BCUT2D eigenvalue weighted by Crippen LogP contribution is 2.42. The van der Waals surface area contributed by atoms with Crippen LogP contribution in [0.5, 0.6) is 0 Å². The van der Waals surface area contributed by atoms with Crippen LogP contribution in [-0.4, -0.2) is 59.3 Å². The molecule has 0 radical (unpaired) electrons. The number of benzene rings is 3. The number of aliphatic hydroxyl groups is 1. The van der Waals surface area contributed by atoms with E-state index >= 15 is 0 Å². The minimum absolute atomic E-state index is 0.0601. The van der Waals surface area contributed by atoms with Gasteiger partial charge in [0.15, 0.2) is 0 Å². The molecular weight excluding hydrogens is 436 g/mol. The van der Waals surface area contributed by atoms with Gasteiger partial charge in [-0.3, -0.25) is 4.90 Å². The van der Waals surface area contributed by atoms with Gasteiger partial charge in [-0.25, -0.2) is 4.79 Å². The quantitative estimate of drug-likeness (QED) is 0.585. The van der Waals surface area contributed by atoms with Crippen molar-refractivity contribution < 1.29 is 9.90 Å². The van der Waals surface area contributed by atoms with E-state index in [4.69, 9.17) is 0 Å². The third kappa shape index (κ3) is 4.79. The van der Waals surface area contributed by atoms with Gasteiger partial charge >= 0.3 is 6.03 Å². The number of nitrogens with one attached hydrogen (secondary N) is 1. The standard InChI is InChI=1S/C29H30N4O2/c30-18-21-7-6-8-24(17-21)22-11-13-23(14-12-22)28-26-19-32(15-4-5-16-33(26)27(28)20-34)29(35)31-25-9-2-1-3-10-25/h1-3,6-14,17,26-28,34H,4-5,15-16,19-20H2,(H,31,35)/t26-,27+,28+/m1/s1. The number of para-hydroxylation sites is 1. The van der Waals surface area contributed by atoms with E-state index in [0.717, 1.165) is 42.7 Å². The second kappa shape index (κ2) is 10.3. The van der Waals surface area contributed by atoms with Crippen molar-refractivity contribution in [1.82, 2.24) is 9.80 Å². The Bertz CT molecular complexity index is 1210. The molecule has 0 unspecified atom stereocenters. The van der Waals surface area contributed by atoms with Crippen molar-refractivity contribution in [2.45, 2.75) is 30.8 Å². The molecule has 6 heteroatoms. The van der Waals surface area contributed by atoms with E-state index in [1.807, 2.05) is 53.4 Å². The Kier molecular flexibility index (Phi) is 6.80. The number of nitrogens with zero attached hydrogens (tertiary/aromatic N) is 3. The highest BCUT2D eigenvalue weighted by Gasteiger charge is 2.49. The number of carbonyl (C=O) groups excluding carboxylic acids is 1. The van der Waals surface area contributed by atoms with Crippen molar-refractivity contribution in [3.63, 3.8) is 0 Å². The molecule has 2 N–H and O–H groups in total. The second-order valence-electron chi connectivity index (χ2n) is 9.34. The Morgan fingerprint density at radius 2 is 1.74 bits per heavy atom. The topological polar surface area (TPSA) is 79.6 Å². The lowest BCUT2D eigenvalue weighted by Gasteiger charge is -2.57. The van der Waals surface area contributed by atoms with E-state index in [-0.39, 0.29) is 30.6 Å². The minimum Gasteiger partial charge on any atom is -0.395 e. The highest BCUT2D eigenvalue weighted by atomic mass is 16.3. The van der Waals surface area contributed by atoms with Crippen LogP contribution in [0, 0.1) is 11.3 Å². The molecule has 3 aromatic rings. The molecule has 5 rings (SSSR count). The molecule has 6 nitrogen and oxygen atoms in total. The molecule has 0 aromatic heterocycles. The van der Waals surface area contributed by atoms with Crippen LogP contribution in [0.3, 0.4) is 0 Å². The molecule has 0 bridgehead atoms. The van der Waals surface area contributed by atoms with E-state index in [9.17, 15) is 15.2 Å². The van der Waals surface area contributed by atoms with Crippen LogP contribution in [-0.2, 0) is 0 Å². The Morgan fingerprint density at radius 3 is 2.49 bits per heavy atom. The van der Waals surface area contributed by atoms with Crippen molar-refractivity contribution in [1.29, 1.82) is 5.26 Å². The molecule has 2 heterocycles. The number of rotatable bonds is 4. The Morgan fingerprint density at radius 1 is 0.971 bits per heavy atom. The molecule has 2 saturated heterocycles. The SMILES string of the molecule is N#Cc1cccc(-c2ccc([C@H]3[C@H]4CN(C(=O)Nc5ccccc5)CCCCN4[C@H]3CO)cc2)c1. The summed E-state index contributed by atoms with van der Waals surface area (Å²) < 4.78 is 0. The second-order valence-corrected chi connectivity index (χ2v) is 9.34. The number of nitriles is 1. The molecule has 2 amide bonds. The van der Waals surface area contributed by atoms with Crippen LogP contribution in [0.1, 0.15) is 29.9 Å². The zero-order valence-electron chi connectivity index (χ0n) is 19.7. The van der Waals surface area contributed by atoms with Crippen molar-refractivity contribution >= 4 is 11.7 Å². The molecule has 0 spiro atoms. The minimum atomic E-state index is -0.0722.